The maximum absolute atomic E-state index is 6.21. The highest BCUT2D eigenvalue weighted by Gasteiger charge is 2.39. The standard InChI is InChI=1S/C26H49N3O/c1-9-18(3)22-17-23-19(4)29(16-13-25(23)27-24(22)10-2)21-11-14-28(15-12-21)20(5)30-26(6,7)8/h18-22,24,27H,9-17H2,1-8H3/t18-,19-,20-,22?,24+/m1/s1. The quantitative estimate of drug-likeness (QED) is 0.624. The molecule has 1 N–H and O–H groups in total. The highest BCUT2D eigenvalue weighted by atomic mass is 16.5. The van der Waals surface area contributed by atoms with E-state index in [1.165, 1.54) is 45.1 Å². The van der Waals surface area contributed by atoms with Crippen LogP contribution in [0.2, 0.25) is 0 Å². The monoisotopic (exact) mass is 419 g/mol. The third-order valence-corrected chi connectivity index (χ3v) is 8.16. The van der Waals surface area contributed by atoms with Crippen molar-refractivity contribution in [3.05, 3.63) is 11.3 Å². The molecule has 1 fully saturated rings. The van der Waals surface area contributed by atoms with Gasteiger partial charge in [0.25, 0.3) is 0 Å². The third-order valence-electron chi connectivity index (χ3n) is 8.16. The largest absolute Gasteiger partial charge is 0.385 e. The Morgan fingerprint density at radius 2 is 1.77 bits per heavy atom. The van der Waals surface area contributed by atoms with E-state index in [2.05, 4.69) is 70.5 Å². The minimum absolute atomic E-state index is 0.0724. The van der Waals surface area contributed by atoms with Gasteiger partial charge >= 0.3 is 0 Å². The van der Waals surface area contributed by atoms with Crippen LogP contribution in [0.15, 0.2) is 11.3 Å². The van der Waals surface area contributed by atoms with Gasteiger partial charge in [0.15, 0.2) is 0 Å². The normalized spacial score (nSPS) is 31.9. The Balaban J connectivity index is 1.62. The first-order valence-corrected chi connectivity index (χ1v) is 12.8. The first kappa shape index (κ1) is 24.1. The van der Waals surface area contributed by atoms with Crippen LogP contribution < -0.4 is 5.32 Å². The number of rotatable bonds is 6. The summed E-state index contributed by atoms with van der Waals surface area (Å²) in [4.78, 5) is 5.38. The summed E-state index contributed by atoms with van der Waals surface area (Å²) in [6.07, 6.45) is 7.81. The van der Waals surface area contributed by atoms with Gasteiger partial charge in [0.1, 0.15) is 6.23 Å². The Bertz CT molecular complexity index is 588. The van der Waals surface area contributed by atoms with Crippen LogP contribution in [0.4, 0.5) is 0 Å². The fourth-order valence-corrected chi connectivity index (χ4v) is 6.20. The lowest BCUT2D eigenvalue weighted by molar-refractivity contribution is -0.132. The number of hydrogen-bond donors (Lipinski definition) is 1. The van der Waals surface area contributed by atoms with Gasteiger partial charge in [0, 0.05) is 43.5 Å². The van der Waals surface area contributed by atoms with Gasteiger partial charge in [0.2, 0.25) is 0 Å². The molecule has 0 aliphatic carbocycles. The summed E-state index contributed by atoms with van der Waals surface area (Å²) >= 11 is 0. The Hall–Kier alpha value is -0.580. The lowest BCUT2D eigenvalue weighted by Gasteiger charge is -2.49. The van der Waals surface area contributed by atoms with Crippen molar-refractivity contribution in [1.82, 2.24) is 15.1 Å². The number of piperidine rings is 1. The average Bonchev–Trinajstić information content (AvgIpc) is 2.71. The molecular formula is C26H49N3O. The van der Waals surface area contributed by atoms with Gasteiger partial charge in [-0.15, -0.1) is 0 Å². The summed E-state index contributed by atoms with van der Waals surface area (Å²) in [6, 6.07) is 1.98. The molecule has 3 rings (SSSR count). The van der Waals surface area contributed by atoms with Crippen molar-refractivity contribution in [1.29, 1.82) is 0 Å². The summed E-state index contributed by atoms with van der Waals surface area (Å²) in [7, 11) is 0. The molecule has 0 saturated carbocycles. The maximum Gasteiger partial charge on any atom is 0.108 e. The van der Waals surface area contributed by atoms with Crippen molar-refractivity contribution in [2.45, 2.75) is 124 Å². The second-order valence-corrected chi connectivity index (χ2v) is 11.2. The SMILES string of the molecule is CC[C@@H](C)C1CC2=C(CCN(C3CCN([C@@H](C)OC(C)(C)C)CC3)[C@@H]2C)N[C@H]1CC. The number of likely N-dealkylation sites (tertiary alicyclic amines) is 1. The summed E-state index contributed by atoms with van der Waals surface area (Å²) < 4.78 is 6.21. The molecule has 4 nitrogen and oxygen atoms in total. The van der Waals surface area contributed by atoms with Crippen molar-refractivity contribution < 1.29 is 4.74 Å². The molecule has 3 aliphatic heterocycles. The molecule has 30 heavy (non-hydrogen) atoms. The molecule has 0 radical (unpaired) electrons. The van der Waals surface area contributed by atoms with E-state index in [4.69, 9.17) is 4.74 Å². The Labute approximate surface area is 186 Å². The molecule has 1 saturated heterocycles. The van der Waals surface area contributed by atoms with E-state index in [0.29, 0.717) is 12.1 Å². The second-order valence-electron chi connectivity index (χ2n) is 11.2. The van der Waals surface area contributed by atoms with Gasteiger partial charge < -0.3 is 10.1 Å². The molecule has 0 aromatic carbocycles. The summed E-state index contributed by atoms with van der Waals surface area (Å²) in [5.74, 6) is 1.59. The maximum atomic E-state index is 6.21. The molecular weight excluding hydrogens is 370 g/mol. The van der Waals surface area contributed by atoms with Gasteiger partial charge in [-0.2, -0.15) is 0 Å². The van der Waals surface area contributed by atoms with Crippen molar-refractivity contribution in [3.63, 3.8) is 0 Å². The molecule has 0 bridgehead atoms. The fourth-order valence-electron chi connectivity index (χ4n) is 6.20. The van der Waals surface area contributed by atoms with Crippen molar-refractivity contribution in [2.24, 2.45) is 11.8 Å². The van der Waals surface area contributed by atoms with Gasteiger partial charge in [-0.25, -0.2) is 0 Å². The lowest BCUT2D eigenvalue weighted by atomic mass is 9.74. The predicted octanol–water partition coefficient (Wildman–Crippen LogP) is 5.39. The second kappa shape index (κ2) is 9.92. The van der Waals surface area contributed by atoms with Gasteiger partial charge in [-0.3, -0.25) is 9.80 Å². The number of ether oxygens (including phenoxy) is 1. The zero-order valence-corrected chi connectivity index (χ0v) is 21.1. The zero-order valence-electron chi connectivity index (χ0n) is 21.1. The Morgan fingerprint density at radius 1 is 1.10 bits per heavy atom. The summed E-state index contributed by atoms with van der Waals surface area (Å²) in [5.41, 5.74) is 3.25. The minimum atomic E-state index is -0.0724. The van der Waals surface area contributed by atoms with E-state index in [-0.39, 0.29) is 11.8 Å². The van der Waals surface area contributed by atoms with Crippen LogP contribution in [0, 0.1) is 11.8 Å². The van der Waals surface area contributed by atoms with E-state index < -0.39 is 0 Å². The van der Waals surface area contributed by atoms with E-state index in [1.54, 1.807) is 11.3 Å². The van der Waals surface area contributed by atoms with Gasteiger partial charge in [-0.05, 0) is 84.1 Å². The molecule has 1 unspecified atom stereocenters. The van der Waals surface area contributed by atoms with Crippen molar-refractivity contribution in [2.75, 3.05) is 19.6 Å². The molecule has 0 aromatic rings. The Morgan fingerprint density at radius 3 is 2.33 bits per heavy atom. The predicted molar refractivity (Wildman–Crippen MR) is 127 cm³/mol. The molecule has 3 heterocycles. The van der Waals surface area contributed by atoms with Crippen LogP contribution in [0.1, 0.15) is 93.9 Å². The van der Waals surface area contributed by atoms with Crippen LogP contribution in [0.5, 0.6) is 0 Å². The molecule has 0 aromatic heterocycles. The third kappa shape index (κ3) is 5.42. The lowest BCUT2D eigenvalue weighted by Crippen LogP contribution is -2.55. The number of nitrogens with zero attached hydrogens (tertiary/aromatic N) is 2. The smallest absolute Gasteiger partial charge is 0.108 e. The highest BCUT2D eigenvalue weighted by molar-refractivity contribution is 5.27. The topological polar surface area (TPSA) is 27.7 Å². The van der Waals surface area contributed by atoms with E-state index >= 15 is 0 Å². The molecule has 0 spiro atoms. The van der Waals surface area contributed by atoms with Crippen LogP contribution >= 0.6 is 0 Å². The van der Waals surface area contributed by atoms with E-state index in [1.807, 2.05) is 0 Å². The summed E-state index contributed by atoms with van der Waals surface area (Å²) in [6.45, 7) is 21.9. The average molecular weight is 420 g/mol. The number of nitrogens with one attached hydrogen (secondary N) is 1. The summed E-state index contributed by atoms with van der Waals surface area (Å²) in [5, 5.41) is 4.00. The fraction of sp³-hybridized carbons (Fsp3) is 0.923. The van der Waals surface area contributed by atoms with E-state index in [9.17, 15) is 0 Å². The van der Waals surface area contributed by atoms with Crippen LogP contribution in [0.3, 0.4) is 0 Å². The molecule has 4 heteroatoms. The molecule has 3 aliphatic rings. The van der Waals surface area contributed by atoms with Crippen molar-refractivity contribution in [3.8, 4) is 0 Å². The zero-order chi connectivity index (χ0) is 22.1. The Kier molecular flexibility index (Phi) is 7.96. The van der Waals surface area contributed by atoms with Crippen LogP contribution in [0.25, 0.3) is 0 Å². The molecule has 0 amide bonds. The first-order valence-electron chi connectivity index (χ1n) is 12.8. The van der Waals surface area contributed by atoms with Gasteiger partial charge in [0.05, 0.1) is 5.60 Å². The van der Waals surface area contributed by atoms with Crippen LogP contribution in [-0.4, -0.2) is 59.4 Å². The number of hydrogen-bond acceptors (Lipinski definition) is 4. The molecule has 5 atom stereocenters. The van der Waals surface area contributed by atoms with Crippen molar-refractivity contribution >= 4 is 0 Å². The minimum Gasteiger partial charge on any atom is -0.385 e. The molecule has 174 valence electrons. The highest BCUT2D eigenvalue weighted by Crippen LogP contribution is 2.39. The van der Waals surface area contributed by atoms with Gasteiger partial charge in [-0.1, -0.05) is 27.2 Å². The van der Waals surface area contributed by atoms with Crippen LogP contribution in [-0.2, 0) is 4.74 Å². The van der Waals surface area contributed by atoms with E-state index in [0.717, 1.165) is 31.0 Å². The first-order chi connectivity index (χ1) is 14.1.